The molecule has 0 fully saturated rings. The van der Waals surface area contributed by atoms with Gasteiger partial charge in [-0.1, -0.05) is 92.5 Å². The average molecular weight is 666 g/mol. The summed E-state index contributed by atoms with van der Waals surface area (Å²) in [7, 11) is 2.77. The summed E-state index contributed by atoms with van der Waals surface area (Å²) in [6.45, 7) is 0. The first-order valence-electron chi connectivity index (χ1n) is 11.4. The number of rotatable bonds is 6. The molecule has 0 unspecified atom stereocenters. The third kappa shape index (κ3) is 9.94. The van der Waals surface area contributed by atoms with E-state index >= 15 is 0 Å². The Morgan fingerprint density at radius 2 is 0.895 bits per heavy atom. The second-order valence-corrected chi connectivity index (χ2v) is 11.5. The Bertz CT molecular complexity index is 1300. The summed E-state index contributed by atoms with van der Waals surface area (Å²) >= 11 is 6.94. The van der Waals surface area contributed by atoms with Crippen LogP contribution in [0.4, 0.5) is 11.4 Å². The third-order valence-electron chi connectivity index (χ3n) is 4.66. The lowest BCUT2D eigenvalue weighted by atomic mass is 10.2. The van der Waals surface area contributed by atoms with Crippen LogP contribution < -0.4 is 10.9 Å². The summed E-state index contributed by atoms with van der Waals surface area (Å²) in [6.07, 6.45) is 3.50. The highest BCUT2D eigenvalue weighted by molar-refractivity contribution is 9.10. The van der Waals surface area contributed by atoms with Crippen LogP contribution >= 0.6 is 53.4 Å². The Morgan fingerprint density at radius 1 is 0.526 bits per heavy atom. The van der Waals surface area contributed by atoms with Crippen molar-refractivity contribution in [3.05, 3.63) is 129 Å². The zero-order valence-electron chi connectivity index (χ0n) is 19.9. The summed E-state index contributed by atoms with van der Waals surface area (Å²) in [4.78, 5) is 9.47. The molecule has 0 radical (unpaired) electrons. The Morgan fingerprint density at radius 3 is 1.26 bits per heavy atom. The lowest BCUT2D eigenvalue weighted by molar-refractivity contribution is 1.05. The monoisotopic (exact) mass is 664 g/mol. The van der Waals surface area contributed by atoms with Crippen molar-refractivity contribution >= 4 is 87.6 Å². The first kappa shape index (κ1) is 27.8. The largest absolute Gasteiger partial charge is 0.255 e. The van der Waals surface area contributed by atoms with E-state index in [2.05, 4.69) is 52.9 Å². The highest BCUT2D eigenvalue weighted by Gasteiger charge is 2.07. The molecule has 4 aromatic rings. The lowest BCUT2D eigenvalue weighted by Crippen LogP contribution is -2.16. The maximum atomic E-state index is 4.74. The molecule has 0 bridgehead atoms. The van der Waals surface area contributed by atoms with Gasteiger partial charge in [-0.05, 0) is 81.2 Å². The normalized spacial score (nSPS) is 12.3. The van der Waals surface area contributed by atoms with Gasteiger partial charge >= 0.3 is 0 Å². The molecule has 38 heavy (non-hydrogen) atoms. The van der Waals surface area contributed by atoms with Gasteiger partial charge in [-0.3, -0.25) is 10.9 Å². The number of benzene rings is 4. The molecule has 10 heteroatoms. The molecule has 0 spiro atoms. The molecule has 6 nitrogen and oxygen atoms in total. The van der Waals surface area contributed by atoms with Crippen LogP contribution in [0.1, 0.15) is 11.1 Å². The van der Waals surface area contributed by atoms with Gasteiger partial charge in [-0.25, -0.2) is 9.98 Å². The zero-order chi connectivity index (χ0) is 26.4. The van der Waals surface area contributed by atoms with Crippen molar-refractivity contribution in [2.75, 3.05) is 0 Å². The van der Waals surface area contributed by atoms with Gasteiger partial charge in [-0.15, -0.1) is 0 Å². The Hall–Kier alpha value is -3.18. The van der Waals surface area contributed by atoms with Gasteiger partial charge in [0.15, 0.2) is 10.3 Å². The number of hydrogen-bond acceptors (Lipinski definition) is 6. The summed E-state index contributed by atoms with van der Waals surface area (Å²) < 4.78 is 1.97. The van der Waals surface area contributed by atoms with Crippen LogP contribution in [0.25, 0.3) is 0 Å². The van der Waals surface area contributed by atoms with Crippen LogP contribution in [0.3, 0.4) is 0 Å². The van der Waals surface area contributed by atoms with Gasteiger partial charge in [0.05, 0.1) is 23.8 Å². The van der Waals surface area contributed by atoms with Gasteiger partial charge in [0.2, 0.25) is 0 Å². The fraction of sp³-hybridized carbons (Fsp3) is 0. The van der Waals surface area contributed by atoms with Crippen molar-refractivity contribution in [2.45, 2.75) is 0 Å². The molecule has 0 atom stereocenters. The minimum atomic E-state index is 0.585. The van der Waals surface area contributed by atoms with E-state index in [1.54, 1.807) is 12.4 Å². The molecule has 0 aromatic heterocycles. The van der Waals surface area contributed by atoms with Crippen LogP contribution in [0.5, 0.6) is 0 Å². The first-order valence-corrected chi connectivity index (χ1v) is 15.1. The number of nitrogens with zero attached hydrogens (tertiary/aromatic N) is 4. The lowest BCUT2D eigenvalue weighted by Gasteiger charge is -2.08. The summed E-state index contributed by atoms with van der Waals surface area (Å²) in [5.74, 6) is 0. The van der Waals surface area contributed by atoms with E-state index in [4.69, 9.17) is 9.98 Å². The summed E-state index contributed by atoms with van der Waals surface area (Å²) in [5, 5.41) is 9.94. The smallest absolute Gasteiger partial charge is 0.193 e. The van der Waals surface area contributed by atoms with Crippen LogP contribution in [0.15, 0.2) is 138 Å². The van der Waals surface area contributed by atoms with E-state index in [0.717, 1.165) is 31.4 Å². The minimum absolute atomic E-state index is 0.585. The maximum absolute atomic E-state index is 4.74. The van der Waals surface area contributed by atoms with Crippen LogP contribution in [-0.4, -0.2) is 22.8 Å². The molecule has 4 rings (SSSR count). The van der Waals surface area contributed by atoms with E-state index in [1.165, 1.54) is 21.6 Å². The first-order chi connectivity index (χ1) is 18.6. The molecular weight excluding hydrogens is 644 g/mol. The van der Waals surface area contributed by atoms with E-state index < -0.39 is 0 Å². The topological polar surface area (TPSA) is 73.5 Å². The molecule has 4 aromatic carbocycles. The maximum Gasteiger partial charge on any atom is 0.193 e. The standard InChI is InChI=1S/C28H22Br2N6S2/c29-23-11-15-25(16-12-23)33-27(35-31-19-21-7-3-1-4-8-21)37-38-28(34-26-17-13-24(30)14-18-26)36-32-20-22-9-5-2-6-10-22/h1-20H,(H,33,35)(H,34,36)/b31-19+,32-20+. The van der Waals surface area contributed by atoms with E-state index in [1.807, 2.05) is 109 Å². The van der Waals surface area contributed by atoms with Crippen LogP contribution in [0.2, 0.25) is 0 Å². The molecule has 0 amide bonds. The van der Waals surface area contributed by atoms with Crippen molar-refractivity contribution in [1.29, 1.82) is 0 Å². The van der Waals surface area contributed by atoms with Gasteiger partial charge in [-0.2, -0.15) is 10.2 Å². The zero-order valence-corrected chi connectivity index (χ0v) is 24.7. The fourth-order valence-electron chi connectivity index (χ4n) is 2.87. The van der Waals surface area contributed by atoms with E-state index in [0.29, 0.717) is 10.3 Å². The number of aliphatic imine (C=N–C) groups is 2. The molecule has 0 aliphatic rings. The summed E-state index contributed by atoms with van der Waals surface area (Å²) in [5.41, 5.74) is 9.67. The molecule has 190 valence electrons. The third-order valence-corrected chi connectivity index (χ3v) is 7.68. The number of hydrazone groups is 2. The molecule has 0 saturated heterocycles. The van der Waals surface area contributed by atoms with Crippen molar-refractivity contribution in [2.24, 2.45) is 20.2 Å². The minimum Gasteiger partial charge on any atom is -0.255 e. The highest BCUT2D eigenvalue weighted by Crippen LogP contribution is 2.28. The van der Waals surface area contributed by atoms with Gasteiger partial charge in [0, 0.05) is 8.95 Å². The van der Waals surface area contributed by atoms with Crippen molar-refractivity contribution < 1.29 is 0 Å². The van der Waals surface area contributed by atoms with Crippen LogP contribution in [-0.2, 0) is 0 Å². The predicted octanol–water partition coefficient (Wildman–Crippen LogP) is 8.52. The average Bonchev–Trinajstić information content (AvgIpc) is 2.95. The Kier molecular flexibility index (Phi) is 11.2. The second-order valence-electron chi connectivity index (χ2n) is 7.51. The van der Waals surface area contributed by atoms with Crippen LogP contribution in [0, 0.1) is 0 Å². The van der Waals surface area contributed by atoms with Gasteiger partial charge in [0.1, 0.15) is 0 Å². The van der Waals surface area contributed by atoms with Crippen molar-refractivity contribution in [3.63, 3.8) is 0 Å². The predicted molar refractivity (Wildman–Crippen MR) is 172 cm³/mol. The quantitative estimate of drug-likeness (QED) is 0.0937. The van der Waals surface area contributed by atoms with Crippen molar-refractivity contribution in [1.82, 2.24) is 10.9 Å². The molecule has 0 saturated carbocycles. The van der Waals surface area contributed by atoms with Crippen molar-refractivity contribution in [3.8, 4) is 0 Å². The Labute approximate surface area is 246 Å². The summed E-state index contributed by atoms with van der Waals surface area (Å²) in [6, 6.07) is 35.2. The molecule has 0 aliphatic carbocycles. The van der Waals surface area contributed by atoms with E-state index in [9.17, 15) is 0 Å². The van der Waals surface area contributed by atoms with Gasteiger partial charge in [0.25, 0.3) is 0 Å². The number of halogens is 2. The fourth-order valence-corrected chi connectivity index (χ4v) is 4.94. The molecular formula is C28H22Br2N6S2. The second kappa shape index (κ2) is 15.3. The van der Waals surface area contributed by atoms with Gasteiger partial charge < -0.3 is 0 Å². The molecule has 2 N–H and O–H groups in total. The van der Waals surface area contributed by atoms with E-state index in [-0.39, 0.29) is 0 Å². The SMILES string of the molecule is Brc1ccc(N=C(N/N=C/c2ccccc2)SSC(=Nc2ccc(Br)cc2)N/N=C/c2ccccc2)cc1. The molecule has 0 heterocycles. The number of amidine groups is 2. The number of hydrogen-bond donors (Lipinski definition) is 2. The molecule has 0 aliphatic heterocycles. The number of nitrogens with one attached hydrogen (secondary N) is 2. The highest BCUT2D eigenvalue weighted by atomic mass is 79.9. The Balaban J connectivity index is 1.53.